The molecule has 1 aliphatic rings. The highest BCUT2D eigenvalue weighted by Crippen LogP contribution is 2.26. The Morgan fingerprint density at radius 3 is 2.69 bits per heavy atom. The van der Waals surface area contributed by atoms with E-state index in [2.05, 4.69) is 19.8 Å². The number of hydrogen-bond acceptors (Lipinski definition) is 6. The van der Waals surface area contributed by atoms with Crippen LogP contribution in [0.15, 0.2) is 46.0 Å². The molecule has 0 amide bonds. The highest BCUT2D eigenvalue weighted by molar-refractivity contribution is 6.32. The Balaban J connectivity index is 1.53. The van der Waals surface area contributed by atoms with Gasteiger partial charge in [0.15, 0.2) is 0 Å². The highest BCUT2D eigenvalue weighted by Gasteiger charge is 2.19. The maximum Gasteiger partial charge on any atom is 0.336 e. The first-order valence-corrected chi connectivity index (χ1v) is 8.94. The Bertz CT molecular complexity index is 982. The van der Waals surface area contributed by atoms with Crippen LogP contribution in [-0.4, -0.2) is 41.0 Å². The van der Waals surface area contributed by atoms with Crippen LogP contribution in [0.5, 0.6) is 0 Å². The van der Waals surface area contributed by atoms with Gasteiger partial charge in [-0.3, -0.25) is 9.88 Å². The summed E-state index contributed by atoms with van der Waals surface area (Å²) in [7, 11) is 0. The Morgan fingerprint density at radius 2 is 1.96 bits per heavy atom. The van der Waals surface area contributed by atoms with Crippen molar-refractivity contribution in [3.05, 3.63) is 63.4 Å². The molecule has 7 heteroatoms. The molecule has 1 saturated heterocycles. The van der Waals surface area contributed by atoms with Crippen LogP contribution in [0.3, 0.4) is 0 Å². The van der Waals surface area contributed by atoms with Gasteiger partial charge in [0, 0.05) is 61.6 Å². The van der Waals surface area contributed by atoms with E-state index in [0.717, 1.165) is 48.5 Å². The van der Waals surface area contributed by atoms with Gasteiger partial charge in [0.25, 0.3) is 0 Å². The summed E-state index contributed by atoms with van der Waals surface area (Å²) in [6.45, 7) is 6.11. The van der Waals surface area contributed by atoms with Crippen LogP contribution in [0.2, 0.25) is 5.02 Å². The summed E-state index contributed by atoms with van der Waals surface area (Å²) in [6, 6.07) is 5.29. The molecule has 1 aromatic carbocycles. The van der Waals surface area contributed by atoms with E-state index in [4.69, 9.17) is 16.0 Å². The summed E-state index contributed by atoms with van der Waals surface area (Å²) in [5, 5.41) is 1.58. The number of rotatable bonds is 3. The van der Waals surface area contributed by atoms with Crippen LogP contribution in [0.4, 0.5) is 5.82 Å². The molecule has 0 bridgehead atoms. The molecular weight excluding hydrogens is 352 g/mol. The molecular formula is C19H19ClN4O2. The lowest BCUT2D eigenvalue weighted by Gasteiger charge is -2.35. The molecule has 6 nitrogen and oxygen atoms in total. The SMILES string of the molecule is Cc1cc2oc(=O)cc(CN3CCN(c4cnccn4)CC3)c2cc1Cl. The zero-order valence-electron chi connectivity index (χ0n) is 14.5. The number of piperazine rings is 1. The van der Waals surface area contributed by atoms with Gasteiger partial charge in [0.1, 0.15) is 11.4 Å². The normalized spacial score (nSPS) is 15.5. The number of aryl methyl sites for hydroxylation is 1. The van der Waals surface area contributed by atoms with E-state index in [1.165, 1.54) is 0 Å². The minimum Gasteiger partial charge on any atom is -0.423 e. The van der Waals surface area contributed by atoms with Crippen LogP contribution in [0, 0.1) is 6.92 Å². The topological polar surface area (TPSA) is 62.5 Å². The average Bonchev–Trinajstić information content (AvgIpc) is 2.65. The van der Waals surface area contributed by atoms with Crippen LogP contribution < -0.4 is 10.5 Å². The van der Waals surface area contributed by atoms with Gasteiger partial charge in [-0.05, 0) is 30.2 Å². The Morgan fingerprint density at radius 1 is 1.15 bits per heavy atom. The van der Waals surface area contributed by atoms with Crippen molar-refractivity contribution in [2.24, 2.45) is 0 Å². The molecule has 1 aliphatic heterocycles. The van der Waals surface area contributed by atoms with Crippen LogP contribution in [0.1, 0.15) is 11.1 Å². The van der Waals surface area contributed by atoms with Gasteiger partial charge in [-0.15, -0.1) is 0 Å². The largest absolute Gasteiger partial charge is 0.423 e. The van der Waals surface area contributed by atoms with Gasteiger partial charge < -0.3 is 9.32 Å². The van der Waals surface area contributed by atoms with E-state index in [9.17, 15) is 4.79 Å². The first kappa shape index (κ1) is 17.0. The average molecular weight is 371 g/mol. The van der Waals surface area contributed by atoms with E-state index in [1.54, 1.807) is 24.7 Å². The highest BCUT2D eigenvalue weighted by atomic mass is 35.5. The van der Waals surface area contributed by atoms with Crippen LogP contribution in [-0.2, 0) is 6.54 Å². The number of fused-ring (bicyclic) bond motifs is 1. The molecule has 0 radical (unpaired) electrons. The first-order chi connectivity index (χ1) is 12.6. The number of benzene rings is 1. The lowest BCUT2D eigenvalue weighted by atomic mass is 10.1. The Kier molecular flexibility index (Phi) is 4.61. The van der Waals surface area contributed by atoms with E-state index < -0.39 is 0 Å². The molecule has 26 heavy (non-hydrogen) atoms. The molecule has 3 aromatic rings. The molecule has 3 heterocycles. The molecule has 0 N–H and O–H groups in total. The fourth-order valence-electron chi connectivity index (χ4n) is 3.31. The molecule has 4 rings (SSSR count). The summed E-state index contributed by atoms with van der Waals surface area (Å²) in [5.74, 6) is 0.903. The van der Waals surface area contributed by atoms with Crippen molar-refractivity contribution in [3.8, 4) is 0 Å². The van der Waals surface area contributed by atoms with E-state index in [1.807, 2.05) is 19.1 Å². The summed E-state index contributed by atoms with van der Waals surface area (Å²) < 4.78 is 5.35. The lowest BCUT2D eigenvalue weighted by molar-refractivity contribution is 0.249. The lowest BCUT2D eigenvalue weighted by Crippen LogP contribution is -2.46. The second kappa shape index (κ2) is 7.05. The van der Waals surface area contributed by atoms with Crippen molar-refractivity contribution in [1.29, 1.82) is 0 Å². The van der Waals surface area contributed by atoms with Gasteiger partial charge >= 0.3 is 5.63 Å². The van der Waals surface area contributed by atoms with Gasteiger partial charge in [-0.1, -0.05) is 11.6 Å². The minimum absolute atomic E-state index is 0.326. The van der Waals surface area contributed by atoms with Gasteiger partial charge in [-0.2, -0.15) is 0 Å². The van der Waals surface area contributed by atoms with Crippen LogP contribution in [0.25, 0.3) is 11.0 Å². The predicted octanol–water partition coefficient (Wildman–Crippen LogP) is 2.87. The molecule has 0 unspecified atom stereocenters. The summed E-state index contributed by atoms with van der Waals surface area (Å²) in [6.07, 6.45) is 5.18. The fourth-order valence-corrected chi connectivity index (χ4v) is 3.47. The number of aromatic nitrogens is 2. The van der Waals surface area contributed by atoms with Crippen molar-refractivity contribution in [3.63, 3.8) is 0 Å². The predicted molar refractivity (Wildman–Crippen MR) is 102 cm³/mol. The number of halogens is 1. The van der Waals surface area contributed by atoms with Crippen molar-refractivity contribution in [1.82, 2.24) is 14.9 Å². The summed E-state index contributed by atoms with van der Waals surface area (Å²) in [4.78, 5) is 25.0. The number of hydrogen-bond donors (Lipinski definition) is 0. The molecule has 0 aliphatic carbocycles. The van der Waals surface area contributed by atoms with Crippen molar-refractivity contribution in [2.75, 3.05) is 31.1 Å². The maximum absolute atomic E-state index is 11.9. The second-order valence-electron chi connectivity index (χ2n) is 6.52. The number of nitrogens with zero attached hydrogens (tertiary/aromatic N) is 4. The zero-order valence-corrected chi connectivity index (χ0v) is 15.2. The zero-order chi connectivity index (χ0) is 18.1. The van der Waals surface area contributed by atoms with Gasteiger partial charge in [0.05, 0.1) is 6.20 Å². The Labute approximate surface area is 156 Å². The third kappa shape index (κ3) is 3.43. The Hall–Kier alpha value is -2.44. The maximum atomic E-state index is 11.9. The first-order valence-electron chi connectivity index (χ1n) is 8.56. The van der Waals surface area contributed by atoms with Crippen LogP contribution >= 0.6 is 11.6 Å². The van der Waals surface area contributed by atoms with Crippen molar-refractivity contribution in [2.45, 2.75) is 13.5 Å². The molecule has 2 aromatic heterocycles. The molecule has 0 spiro atoms. The molecule has 0 saturated carbocycles. The monoisotopic (exact) mass is 370 g/mol. The number of anilines is 1. The van der Waals surface area contributed by atoms with Gasteiger partial charge in [-0.25, -0.2) is 9.78 Å². The van der Waals surface area contributed by atoms with Crippen molar-refractivity contribution < 1.29 is 4.42 Å². The third-order valence-electron chi connectivity index (χ3n) is 4.75. The molecule has 0 atom stereocenters. The van der Waals surface area contributed by atoms with E-state index in [0.29, 0.717) is 17.2 Å². The summed E-state index contributed by atoms with van der Waals surface area (Å²) in [5.41, 5.74) is 2.11. The standard InChI is InChI=1S/C19H19ClN4O2/c1-13-8-17-15(10-16(13)20)14(9-19(25)26-17)12-23-4-6-24(7-5-23)18-11-21-2-3-22-18/h2-3,8-11H,4-7,12H2,1H3. The van der Waals surface area contributed by atoms with Gasteiger partial charge in [0.2, 0.25) is 0 Å². The minimum atomic E-state index is -0.326. The smallest absolute Gasteiger partial charge is 0.336 e. The quantitative estimate of drug-likeness (QED) is 0.661. The second-order valence-corrected chi connectivity index (χ2v) is 6.92. The van der Waals surface area contributed by atoms with E-state index >= 15 is 0 Å². The molecule has 134 valence electrons. The third-order valence-corrected chi connectivity index (χ3v) is 5.16. The van der Waals surface area contributed by atoms with Crippen molar-refractivity contribution >= 4 is 28.4 Å². The molecule has 1 fully saturated rings. The fraction of sp³-hybridized carbons (Fsp3) is 0.316. The van der Waals surface area contributed by atoms with E-state index in [-0.39, 0.29) is 5.63 Å². The summed E-state index contributed by atoms with van der Waals surface area (Å²) >= 11 is 6.28.